The van der Waals surface area contributed by atoms with Crippen molar-refractivity contribution in [3.8, 4) is 5.75 Å². The minimum Gasteiger partial charge on any atom is -0.493 e. The maximum Gasteiger partial charge on any atom is 0.314 e. The Hall–Kier alpha value is -1.03. The highest BCUT2D eigenvalue weighted by Gasteiger charge is 2.43. The van der Waals surface area contributed by atoms with E-state index < -0.39 is 11.4 Å². The van der Waals surface area contributed by atoms with E-state index in [2.05, 4.69) is 15.9 Å². The summed E-state index contributed by atoms with van der Waals surface area (Å²) in [6, 6.07) is 5.80. The Morgan fingerprint density at radius 2 is 2.00 bits per heavy atom. The van der Waals surface area contributed by atoms with Gasteiger partial charge in [0.05, 0.1) is 12.0 Å². The maximum absolute atomic E-state index is 12.0. The first-order valence-electron chi connectivity index (χ1n) is 7.78. The lowest BCUT2D eigenvalue weighted by atomic mass is 9.69. The first-order chi connectivity index (χ1) is 10.1. The highest BCUT2D eigenvalue weighted by Crippen LogP contribution is 2.45. The van der Waals surface area contributed by atoms with E-state index in [4.69, 9.17) is 4.74 Å². The van der Waals surface area contributed by atoms with Crippen LogP contribution in [0.5, 0.6) is 5.75 Å². The summed E-state index contributed by atoms with van der Waals surface area (Å²) in [6.45, 7) is 0.713. The van der Waals surface area contributed by atoms with Crippen molar-refractivity contribution in [1.29, 1.82) is 0 Å². The molecule has 2 aliphatic carbocycles. The van der Waals surface area contributed by atoms with E-state index in [1.807, 2.05) is 18.2 Å². The summed E-state index contributed by atoms with van der Waals surface area (Å²) in [4.78, 5) is 12.0. The molecule has 0 aliphatic heterocycles. The molecule has 0 heterocycles. The van der Waals surface area contributed by atoms with Gasteiger partial charge in [-0.2, -0.15) is 0 Å². The van der Waals surface area contributed by atoms with Crippen molar-refractivity contribution in [1.82, 2.24) is 0 Å². The molecule has 3 rings (SSSR count). The number of carboxylic acids is 1. The van der Waals surface area contributed by atoms with Crippen LogP contribution in [0.3, 0.4) is 0 Å². The van der Waals surface area contributed by atoms with Crippen LogP contribution in [0.4, 0.5) is 0 Å². The summed E-state index contributed by atoms with van der Waals surface area (Å²) in [5.41, 5.74) is 0.0747. The van der Waals surface area contributed by atoms with Gasteiger partial charge in [-0.1, -0.05) is 35.2 Å². The third-order valence-corrected chi connectivity index (χ3v) is 5.24. The lowest BCUT2D eigenvalue weighted by molar-refractivity contribution is -0.145. The van der Waals surface area contributed by atoms with E-state index in [9.17, 15) is 9.90 Å². The third-order valence-electron chi connectivity index (χ3n) is 4.75. The molecule has 0 unspecified atom stereocenters. The second-order valence-corrected chi connectivity index (χ2v) is 7.26. The highest BCUT2D eigenvalue weighted by atomic mass is 79.9. The van der Waals surface area contributed by atoms with Crippen LogP contribution in [-0.4, -0.2) is 17.7 Å². The number of rotatable bonds is 5. The number of benzene rings is 1. The number of ether oxygens (including phenoxy) is 1. The third kappa shape index (κ3) is 3.10. The van der Waals surface area contributed by atoms with Gasteiger partial charge < -0.3 is 9.84 Å². The highest BCUT2D eigenvalue weighted by molar-refractivity contribution is 9.10. The molecule has 3 nitrogen and oxygen atoms in total. The number of aliphatic carboxylic acids is 1. The monoisotopic (exact) mass is 352 g/mol. The average Bonchev–Trinajstić information content (AvgIpc) is 3.30. The SMILES string of the molecule is O=C(O)C1(c2cc(Br)ccc2OCC2CC2)CCCCC1. The van der Waals surface area contributed by atoms with Crippen LogP contribution in [0, 0.1) is 5.92 Å². The molecule has 1 N–H and O–H groups in total. The molecule has 2 fully saturated rings. The minimum absolute atomic E-state index is 0.661. The normalized spacial score (nSPS) is 21.0. The summed E-state index contributed by atoms with van der Waals surface area (Å²) in [7, 11) is 0. The number of halogens is 1. The Morgan fingerprint density at radius 1 is 1.29 bits per heavy atom. The van der Waals surface area contributed by atoms with Crippen LogP contribution >= 0.6 is 15.9 Å². The largest absolute Gasteiger partial charge is 0.493 e. The van der Waals surface area contributed by atoms with E-state index in [0.717, 1.165) is 35.0 Å². The molecule has 1 aromatic carbocycles. The summed E-state index contributed by atoms with van der Waals surface area (Å²) in [5.74, 6) is 0.708. The van der Waals surface area contributed by atoms with Gasteiger partial charge in [-0.15, -0.1) is 0 Å². The first kappa shape index (κ1) is 14.9. The van der Waals surface area contributed by atoms with Gasteiger partial charge in [0.25, 0.3) is 0 Å². The molecule has 0 aromatic heterocycles. The minimum atomic E-state index is -0.777. The molecule has 2 saturated carbocycles. The summed E-state index contributed by atoms with van der Waals surface area (Å²) >= 11 is 3.48. The standard InChI is InChI=1S/C17H21BrO3/c18-13-6-7-15(21-11-12-4-5-12)14(10-13)17(16(19)20)8-2-1-3-9-17/h6-7,10,12H,1-5,8-9,11H2,(H,19,20). The van der Waals surface area contributed by atoms with Crippen molar-refractivity contribution in [2.45, 2.75) is 50.4 Å². The van der Waals surface area contributed by atoms with Crippen LogP contribution < -0.4 is 4.74 Å². The van der Waals surface area contributed by atoms with Gasteiger partial charge in [0.15, 0.2) is 0 Å². The van der Waals surface area contributed by atoms with Crippen LogP contribution in [0.1, 0.15) is 50.5 Å². The summed E-state index contributed by atoms with van der Waals surface area (Å²) in [5, 5.41) is 9.88. The molecule has 0 atom stereocenters. The molecule has 1 aromatic rings. The molecule has 0 radical (unpaired) electrons. The predicted molar refractivity (Wildman–Crippen MR) is 84.8 cm³/mol. The molecule has 4 heteroatoms. The van der Waals surface area contributed by atoms with Gasteiger partial charge in [-0.25, -0.2) is 0 Å². The van der Waals surface area contributed by atoms with Crippen molar-refractivity contribution in [2.75, 3.05) is 6.61 Å². The van der Waals surface area contributed by atoms with Gasteiger partial charge in [-0.05, 0) is 49.8 Å². The number of hydrogen-bond donors (Lipinski definition) is 1. The van der Waals surface area contributed by atoms with Crippen molar-refractivity contribution < 1.29 is 14.6 Å². The summed E-state index contributed by atoms with van der Waals surface area (Å²) in [6.07, 6.45) is 6.95. The fraction of sp³-hybridized carbons (Fsp3) is 0.588. The Kier molecular flexibility index (Phi) is 4.25. The zero-order chi connectivity index (χ0) is 14.9. The topological polar surface area (TPSA) is 46.5 Å². The van der Waals surface area contributed by atoms with Crippen molar-refractivity contribution in [3.05, 3.63) is 28.2 Å². The maximum atomic E-state index is 12.0. The lowest BCUT2D eigenvalue weighted by Gasteiger charge is -2.35. The predicted octanol–water partition coefficient (Wildman–Crippen LogP) is 4.52. The Labute approximate surface area is 133 Å². The van der Waals surface area contributed by atoms with Gasteiger partial charge >= 0.3 is 5.97 Å². The van der Waals surface area contributed by atoms with Gasteiger partial charge in [0.2, 0.25) is 0 Å². The van der Waals surface area contributed by atoms with E-state index in [0.29, 0.717) is 25.4 Å². The average molecular weight is 353 g/mol. The van der Waals surface area contributed by atoms with E-state index in [1.54, 1.807) is 0 Å². The molecule has 0 saturated heterocycles. The fourth-order valence-electron chi connectivity index (χ4n) is 3.25. The van der Waals surface area contributed by atoms with Crippen molar-refractivity contribution >= 4 is 21.9 Å². The van der Waals surface area contributed by atoms with Gasteiger partial charge in [0.1, 0.15) is 5.75 Å². The van der Waals surface area contributed by atoms with Gasteiger partial charge in [0, 0.05) is 10.0 Å². The Balaban J connectivity index is 1.96. The summed E-state index contributed by atoms with van der Waals surface area (Å²) < 4.78 is 6.88. The zero-order valence-electron chi connectivity index (χ0n) is 12.1. The van der Waals surface area contributed by atoms with Crippen LogP contribution in [-0.2, 0) is 10.2 Å². The number of hydrogen-bond acceptors (Lipinski definition) is 2. The molecule has 0 amide bonds. The van der Waals surface area contributed by atoms with Crippen molar-refractivity contribution in [3.63, 3.8) is 0 Å². The zero-order valence-corrected chi connectivity index (χ0v) is 13.7. The van der Waals surface area contributed by atoms with E-state index >= 15 is 0 Å². The lowest BCUT2D eigenvalue weighted by Crippen LogP contribution is -2.38. The quantitative estimate of drug-likeness (QED) is 0.846. The number of carboxylic acid groups (broad SMARTS) is 1. The number of carbonyl (C=O) groups is 1. The first-order valence-corrected chi connectivity index (χ1v) is 8.57. The second kappa shape index (κ2) is 5.99. The van der Waals surface area contributed by atoms with E-state index in [-0.39, 0.29) is 0 Å². The Morgan fingerprint density at radius 3 is 2.62 bits per heavy atom. The smallest absolute Gasteiger partial charge is 0.314 e. The molecular formula is C17H21BrO3. The van der Waals surface area contributed by atoms with Crippen LogP contribution in [0.2, 0.25) is 0 Å². The molecule has 0 bridgehead atoms. The van der Waals surface area contributed by atoms with E-state index in [1.165, 1.54) is 12.8 Å². The molecule has 2 aliphatic rings. The molecular weight excluding hydrogens is 332 g/mol. The van der Waals surface area contributed by atoms with Gasteiger partial charge in [-0.3, -0.25) is 4.79 Å². The second-order valence-electron chi connectivity index (χ2n) is 6.34. The van der Waals surface area contributed by atoms with Crippen molar-refractivity contribution in [2.24, 2.45) is 5.92 Å². The van der Waals surface area contributed by atoms with Crippen LogP contribution in [0.25, 0.3) is 0 Å². The fourth-order valence-corrected chi connectivity index (χ4v) is 3.61. The Bertz CT molecular complexity index is 531. The van der Waals surface area contributed by atoms with Crippen LogP contribution in [0.15, 0.2) is 22.7 Å². The molecule has 0 spiro atoms. The molecule has 114 valence electrons. The molecule has 21 heavy (non-hydrogen) atoms.